The van der Waals surface area contributed by atoms with Gasteiger partial charge in [-0.2, -0.15) is 0 Å². The molecule has 1 saturated heterocycles. The van der Waals surface area contributed by atoms with Crippen LogP contribution >= 0.6 is 0 Å². The van der Waals surface area contributed by atoms with E-state index in [0.717, 1.165) is 25.7 Å². The number of nitrogens with one attached hydrogen (secondary N) is 2. The van der Waals surface area contributed by atoms with E-state index in [9.17, 15) is 8.78 Å². The van der Waals surface area contributed by atoms with Gasteiger partial charge in [-0.1, -0.05) is 6.07 Å². The molecule has 2 atom stereocenters. The van der Waals surface area contributed by atoms with Crippen LogP contribution in [0.1, 0.15) is 25.5 Å². The Morgan fingerprint density at radius 2 is 2.08 bits per heavy atom. The fraction of sp³-hybridized carbons (Fsp3) is 0.611. The van der Waals surface area contributed by atoms with Crippen LogP contribution in [0.15, 0.2) is 23.2 Å². The zero-order valence-corrected chi connectivity index (χ0v) is 15.5. The van der Waals surface area contributed by atoms with Crippen LogP contribution in [0.25, 0.3) is 0 Å². The van der Waals surface area contributed by atoms with Crippen molar-refractivity contribution in [3.05, 3.63) is 35.4 Å². The molecule has 1 aliphatic heterocycles. The molecular formula is C18H29F2N5. The minimum Gasteiger partial charge on any atom is -0.357 e. The number of piperazine rings is 1. The lowest BCUT2D eigenvalue weighted by Crippen LogP contribution is -2.51. The summed E-state index contributed by atoms with van der Waals surface area (Å²) in [5, 5.41) is 6.39. The molecule has 140 valence electrons. The quantitative estimate of drug-likeness (QED) is 0.626. The summed E-state index contributed by atoms with van der Waals surface area (Å²) in [5.74, 6) is -0.483. The van der Waals surface area contributed by atoms with Crippen LogP contribution in [0.5, 0.6) is 0 Å². The molecule has 2 rings (SSSR count). The van der Waals surface area contributed by atoms with Gasteiger partial charge in [-0.25, -0.2) is 8.78 Å². The second kappa shape index (κ2) is 9.10. The summed E-state index contributed by atoms with van der Waals surface area (Å²) in [6.45, 7) is 8.26. The van der Waals surface area contributed by atoms with E-state index in [1.165, 1.54) is 12.1 Å². The summed E-state index contributed by atoms with van der Waals surface area (Å²) in [4.78, 5) is 9.28. The monoisotopic (exact) mass is 353 g/mol. The zero-order chi connectivity index (χ0) is 18.4. The van der Waals surface area contributed by atoms with Gasteiger partial charge in [0.25, 0.3) is 0 Å². The van der Waals surface area contributed by atoms with Gasteiger partial charge in [-0.15, -0.1) is 0 Å². The zero-order valence-electron chi connectivity index (χ0n) is 15.5. The molecule has 2 unspecified atom stereocenters. The molecule has 1 aromatic carbocycles. The molecule has 0 amide bonds. The van der Waals surface area contributed by atoms with Gasteiger partial charge in [0.2, 0.25) is 0 Å². The number of aliphatic imine (C=N–C) groups is 1. The van der Waals surface area contributed by atoms with Crippen molar-refractivity contribution in [1.29, 1.82) is 0 Å². The normalized spacial score (nSPS) is 21.2. The molecule has 1 aromatic rings. The van der Waals surface area contributed by atoms with Crippen molar-refractivity contribution >= 4 is 5.96 Å². The Morgan fingerprint density at radius 3 is 2.76 bits per heavy atom. The van der Waals surface area contributed by atoms with Crippen LogP contribution in [0.4, 0.5) is 8.78 Å². The van der Waals surface area contributed by atoms with Gasteiger partial charge >= 0.3 is 0 Å². The number of nitrogens with zero attached hydrogens (tertiary/aromatic N) is 3. The number of halogens is 2. The van der Waals surface area contributed by atoms with Crippen molar-refractivity contribution in [2.75, 3.05) is 46.8 Å². The fourth-order valence-corrected chi connectivity index (χ4v) is 2.95. The van der Waals surface area contributed by atoms with Crippen molar-refractivity contribution in [2.24, 2.45) is 4.99 Å². The Labute approximate surface area is 149 Å². The Hall–Kier alpha value is -1.73. The maximum Gasteiger partial charge on any atom is 0.191 e. The topological polar surface area (TPSA) is 42.9 Å². The summed E-state index contributed by atoms with van der Waals surface area (Å²) >= 11 is 0. The van der Waals surface area contributed by atoms with Crippen LogP contribution in [0.3, 0.4) is 0 Å². The highest BCUT2D eigenvalue weighted by atomic mass is 19.1. The van der Waals surface area contributed by atoms with Crippen LogP contribution in [-0.2, 0) is 0 Å². The van der Waals surface area contributed by atoms with E-state index in [-0.39, 0.29) is 6.04 Å². The lowest BCUT2D eigenvalue weighted by molar-refractivity contribution is 0.119. The van der Waals surface area contributed by atoms with E-state index in [0.29, 0.717) is 30.7 Å². The molecule has 25 heavy (non-hydrogen) atoms. The maximum atomic E-state index is 14.0. The summed E-state index contributed by atoms with van der Waals surface area (Å²) < 4.78 is 27.0. The number of guanidine groups is 1. The smallest absolute Gasteiger partial charge is 0.191 e. The average Bonchev–Trinajstić information content (AvgIpc) is 2.55. The van der Waals surface area contributed by atoms with Gasteiger partial charge in [0.05, 0.1) is 12.6 Å². The Kier molecular flexibility index (Phi) is 7.13. The third-order valence-corrected chi connectivity index (χ3v) is 4.57. The van der Waals surface area contributed by atoms with Crippen LogP contribution in [0.2, 0.25) is 0 Å². The van der Waals surface area contributed by atoms with Gasteiger partial charge in [0, 0.05) is 43.9 Å². The summed E-state index contributed by atoms with van der Waals surface area (Å²) in [7, 11) is 4.23. The molecule has 1 aliphatic rings. The highest BCUT2D eigenvalue weighted by molar-refractivity contribution is 5.80. The van der Waals surface area contributed by atoms with Gasteiger partial charge in [0.15, 0.2) is 5.96 Å². The molecule has 5 nitrogen and oxygen atoms in total. The van der Waals surface area contributed by atoms with E-state index in [1.54, 1.807) is 0 Å². The molecule has 1 fully saturated rings. The number of rotatable bonds is 5. The van der Waals surface area contributed by atoms with E-state index >= 15 is 0 Å². The highest BCUT2D eigenvalue weighted by Gasteiger charge is 2.22. The molecule has 0 aliphatic carbocycles. The molecule has 0 saturated carbocycles. The molecule has 0 radical (unpaired) electrons. The summed E-state index contributed by atoms with van der Waals surface area (Å²) in [6.07, 6.45) is 0. The van der Waals surface area contributed by atoms with E-state index in [1.807, 2.05) is 13.8 Å². The summed E-state index contributed by atoms with van der Waals surface area (Å²) in [5.41, 5.74) is 0.418. The Balaban J connectivity index is 2.03. The standard InChI is InChI=1S/C18H29F2N5/c1-5-21-18(22-11-15-12-24(3)8-9-25(15)4)23-13(2)16-7-6-14(19)10-17(16)20/h6-7,10,13,15H,5,8-9,11-12H2,1-4H3,(H2,21,22,23). The molecule has 2 N–H and O–H groups in total. The highest BCUT2D eigenvalue weighted by Crippen LogP contribution is 2.17. The van der Waals surface area contributed by atoms with Crippen molar-refractivity contribution in [1.82, 2.24) is 20.4 Å². The first-order valence-corrected chi connectivity index (χ1v) is 8.79. The average molecular weight is 353 g/mol. The largest absolute Gasteiger partial charge is 0.357 e. The third kappa shape index (κ3) is 5.64. The Morgan fingerprint density at radius 1 is 1.32 bits per heavy atom. The number of benzene rings is 1. The molecule has 1 heterocycles. The maximum absolute atomic E-state index is 14.0. The lowest BCUT2D eigenvalue weighted by Gasteiger charge is -2.37. The first-order chi connectivity index (χ1) is 11.9. The third-order valence-electron chi connectivity index (χ3n) is 4.57. The SMILES string of the molecule is CCNC(=NCC1CN(C)CCN1C)NC(C)c1ccc(F)cc1F. The molecule has 0 aromatic heterocycles. The van der Waals surface area contributed by atoms with Crippen LogP contribution in [0, 0.1) is 11.6 Å². The second-order valence-corrected chi connectivity index (χ2v) is 6.65. The number of likely N-dealkylation sites (N-methyl/N-ethyl adjacent to an activating group) is 2. The van der Waals surface area contributed by atoms with Gasteiger partial charge in [-0.05, 0) is 34.0 Å². The minimum atomic E-state index is -0.571. The van der Waals surface area contributed by atoms with Gasteiger partial charge < -0.3 is 15.5 Å². The van der Waals surface area contributed by atoms with Crippen molar-refractivity contribution in [3.63, 3.8) is 0 Å². The van der Waals surface area contributed by atoms with Gasteiger partial charge in [0.1, 0.15) is 11.6 Å². The molecule has 0 spiro atoms. The fourth-order valence-electron chi connectivity index (χ4n) is 2.95. The number of hydrogen-bond acceptors (Lipinski definition) is 3. The van der Waals surface area contributed by atoms with Crippen molar-refractivity contribution in [2.45, 2.75) is 25.9 Å². The van der Waals surface area contributed by atoms with E-state index in [4.69, 9.17) is 0 Å². The van der Waals surface area contributed by atoms with E-state index < -0.39 is 11.6 Å². The second-order valence-electron chi connectivity index (χ2n) is 6.65. The van der Waals surface area contributed by atoms with Crippen LogP contribution in [-0.4, -0.2) is 68.6 Å². The lowest BCUT2D eigenvalue weighted by atomic mass is 10.1. The number of hydrogen-bond donors (Lipinski definition) is 2. The first kappa shape index (κ1) is 19.6. The van der Waals surface area contributed by atoms with E-state index in [2.05, 4.69) is 39.5 Å². The first-order valence-electron chi connectivity index (χ1n) is 8.79. The van der Waals surface area contributed by atoms with Crippen molar-refractivity contribution < 1.29 is 8.78 Å². The molecular weight excluding hydrogens is 324 g/mol. The predicted molar refractivity (Wildman–Crippen MR) is 97.8 cm³/mol. The predicted octanol–water partition coefficient (Wildman–Crippen LogP) is 1.83. The summed E-state index contributed by atoms with van der Waals surface area (Å²) in [6, 6.07) is 3.69. The van der Waals surface area contributed by atoms with Gasteiger partial charge in [-0.3, -0.25) is 9.89 Å². The molecule has 0 bridgehead atoms. The minimum absolute atomic E-state index is 0.315. The van der Waals surface area contributed by atoms with Crippen LogP contribution < -0.4 is 10.6 Å². The molecule has 7 heteroatoms. The van der Waals surface area contributed by atoms with Crippen molar-refractivity contribution in [3.8, 4) is 0 Å². The Bertz CT molecular complexity index is 593.